The van der Waals surface area contributed by atoms with Crippen molar-refractivity contribution in [2.75, 3.05) is 13.1 Å². The van der Waals surface area contributed by atoms with E-state index in [1.165, 1.54) is 51.6 Å². The van der Waals surface area contributed by atoms with Crippen LogP contribution >= 0.6 is 0 Å². The van der Waals surface area contributed by atoms with E-state index in [2.05, 4.69) is 25.7 Å². The van der Waals surface area contributed by atoms with E-state index in [1.807, 2.05) is 0 Å². The van der Waals surface area contributed by atoms with Crippen LogP contribution in [0.5, 0.6) is 0 Å². The average Bonchev–Trinajstić information content (AvgIpc) is 2.80. The van der Waals surface area contributed by atoms with Crippen LogP contribution in [0.4, 0.5) is 0 Å². The summed E-state index contributed by atoms with van der Waals surface area (Å²) in [6, 6.07) is 1.28. The highest BCUT2D eigenvalue weighted by molar-refractivity contribution is 4.88. The molecule has 0 aromatic rings. The second kappa shape index (κ2) is 6.38. The van der Waals surface area contributed by atoms with E-state index in [4.69, 9.17) is 5.73 Å². The SMILES string of the molecule is CCC1CCC(N)C(CN2CCCC2C(C)C)C1. The molecule has 1 saturated carbocycles. The third-order valence-corrected chi connectivity index (χ3v) is 5.38. The Kier molecular flexibility index (Phi) is 5.08. The molecule has 0 aromatic carbocycles. The van der Waals surface area contributed by atoms with E-state index >= 15 is 0 Å². The van der Waals surface area contributed by atoms with Crippen LogP contribution in [0, 0.1) is 17.8 Å². The van der Waals surface area contributed by atoms with E-state index < -0.39 is 0 Å². The third kappa shape index (κ3) is 3.27. The number of nitrogens with zero attached hydrogens (tertiary/aromatic N) is 1. The Balaban J connectivity index is 1.90. The van der Waals surface area contributed by atoms with E-state index in [1.54, 1.807) is 0 Å². The first kappa shape index (κ1) is 14.3. The van der Waals surface area contributed by atoms with Gasteiger partial charge in [-0.15, -0.1) is 0 Å². The summed E-state index contributed by atoms with van der Waals surface area (Å²) >= 11 is 0. The highest BCUT2D eigenvalue weighted by atomic mass is 15.2. The fourth-order valence-corrected chi connectivity index (χ4v) is 4.10. The van der Waals surface area contributed by atoms with Crippen molar-refractivity contribution in [2.45, 2.75) is 71.4 Å². The molecule has 2 heteroatoms. The summed E-state index contributed by atoms with van der Waals surface area (Å²) in [5.41, 5.74) is 6.37. The Labute approximate surface area is 113 Å². The molecule has 4 unspecified atom stereocenters. The maximum atomic E-state index is 6.37. The summed E-state index contributed by atoms with van der Waals surface area (Å²) in [6.07, 6.45) is 8.12. The van der Waals surface area contributed by atoms with Crippen molar-refractivity contribution in [3.05, 3.63) is 0 Å². The van der Waals surface area contributed by atoms with E-state index in [9.17, 15) is 0 Å². The second-order valence-corrected chi connectivity index (χ2v) is 6.96. The maximum Gasteiger partial charge on any atom is 0.0119 e. The summed E-state index contributed by atoms with van der Waals surface area (Å²) in [6.45, 7) is 9.66. The minimum atomic E-state index is 0.459. The van der Waals surface area contributed by atoms with Crippen LogP contribution in [0.15, 0.2) is 0 Å². The largest absolute Gasteiger partial charge is 0.327 e. The molecule has 2 N–H and O–H groups in total. The lowest BCUT2D eigenvalue weighted by atomic mass is 9.77. The number of likely N-dealkylation sites (tertiary alicyclic amines) is 1. The minimum absolute atomic E-state index is 0.459. The standard InChI is InChI=1S/C16H32N2/c1-4-13-7-8-15(17)14(10-13)11-18-9-5-6-16(18)12(2)3/h12-16H,4-11,17H2,1-3H3. The predicted molar refractivity (Wildman–Crippen MR) is 78.5 cm³/mol. The molecule has 1 saturated heterocycles. The van der Waals surface area contributed by atoms with Gasteiger partial charge >= 0.3 is 0 Å². The fraction of sp³-hybridized carbons (Fsp3) is 1.00. The van der Waals surface area contributed by atoms with Crippen molar-refractivity contribution in [3.63, 3.8) is 0 Å². The van der Waals surface area contributed by atoms with Gasteiger partial charge in [0.25, 0.3) is 0 Å². The summed E-state index contributed by atoms with van der Waals surface area (Å²) in [4.78, 5) is 2.74. The van der Waals surface area contributed by atoms with Gasteiger partial charge in [-0.2, -0.15) is 0 Å². The molecule has 0 aromatic heterocycles. The molecule has 2 nitrogen and oxygen atoms in total. The molecule has 0 bridgehead atoms. The highest BCUT2D eigenvalue weighted by Crippen LogP contribution is 2.33. The summed E-state index contributed by atoms with van der Waals surface area (Å²) < 4.78 is 0. The quantitative estimate of drug-likeness (QED) is 0.832. The molecule has 2 rings (SSSR count). The molecule has 1 aliphatic carbocycles. The van der Waals surface area contributed by atoms with Gasteiger partial charge in [-0.3, -0.25) is 4.90 Å². The Morgan fingerprint density at radius 1 is 1.22 bits per heavy atom. The Morgan fingerprint density at radius 3 is 2.67 bits per heavy atom. The molecule has 18 heavy (non-hydrogen) atoms. The molecular formula is C16H32N2. The molecule has 0 spiro atoms. The zero-order valence-electron chi connectivity index (χ0n) is 12.6. The van der Waals surface area contributed by atoms with Crippen LogP contribution in [0.1, 0.15) is 59.3 Å². The Bertz CT molecular complexity index is 251. The molecule has 1 aliphatic heterocycles. The lowest BCUT2D eigenvalue weighted by Crippen LogP contribution is -2.45. The zero-order valence-corrected chi connectivity index (χ0v) is 12.6. The van der Waals surface area contributed by atoms with Gasteiger partial charge in [0.15, 0.2) is 0 Å². The van der Waals surface area contributed by atoms with Gasteiger partial charge in [-0.25, -0.2) is 0 Å². The average molecular weight is 252 g/mol. The van der Waals surface area contributed by atoms with Crippen molar-refractivity contribution in [2.24, 2.45) is 23.5 Å². The molecule has 106 valence electrons. The van der Waals surface area contributed by atoms with E-state index in [0.717, 1.165) is 23.8 Å². The van der Waals surface area contributed by atoms with Gasteiger partial charge < -0.3 is 5.73 Å². The van der Waals surface area contributed by atoms with Gasteiger partial charge in [0.1, 0.15) is 0 Å². The molecule has 4 atom stereocenters. The summed E-state index contributed by atoms with van der Waals surface area (Å²) in [5.74, 6) is 2.49. The van der Waals surface area contributed by atoms with E-state index in [-0.39, 0.29) is 0 Å². The minimum Gasteiger partial charge on any atom is -0.327 e. The van der Waals surface area contributed by atoms with Gasteiger partial charge in [-0.05, 0) is 56.4 Å². The molecular weight excluding hydrogens is 220 g/mol. The number of rotatable bonds is 4. The second-order valence-electron chi connectivity index (χ2n) is 6.96. The highest BCUT2D eigenvalue weighted by Gasteiger charge is 2.33. The first-order valence-electron chi connectivity index (χ1n) is 8.11. The van der Waals surface area contributed by atoms with Crippen LogP contribution in [-0.2, 0) is 0 Å². The summed E-state index contributed by atoms with van der Waals surface area (Å²) in [5, 5.41) is 0. The molecule has 0 amide bonds. The number of nitrogens with two attached hydrogens (primary N) is 1. The van der Waals surface area contributed by atoms with Gasteiger partial charge in [0.2, 0.25) is 0 Å². The molecule has 2 fully saturated rings. The van der Waals surface area contributed by atoms with Crippen molar-refractivity contribution in [3.8, 4) is 0 Å². The first-order valence-corrected chi connectivity index (χ1v) is 8.11. The van der Waals surface area contributed by atoms with Gasteiger partial charge in [0, 0.05) is 18.6 Å². The van der Waals surface area contributed by atoms with E-state index in [0.29, 0.717) is 6.04 Å². The zero-order chi connectivity index (χ0) is 13.1. The third-order valence-electron chi connectivity index (χ3n) is 5.38. The molecule has 1 heterocycles. The lowest BCUT2D eigenvalue weighted by molar-refractivity contribution is 0.128. The molecule has 0 radical (unpaired) electrons. The number of hydrogen-bond donors (Lipinski definition) is 1. The topological polar surface area (TPSA) is 29.3 Å². The Hall–Kier alpha value is -0.0800. The van der Waals surface area contributed by atoms with Crippen LogP contribution in [0.2, 0.25) is 0 Å². The predicted octanol–water partition coefficient (Wildman–Crippen LogP) is 3.26. The van der Waals surface area contributed by atoms with Crippen molar-refractivity contribution in [1.82, 2.24) is 4.90 Å². The van der Waals surface area contributed by atoms with Crippen molar-refractivity contribution in [1.29, 1.82) is 0 Å². The fourth-order valence-electron chi connectivity index (χ4n) is 4.10. The normalized spacial score (nSPS) is 38.5. The van der Waals surface area contributed by atoms with Crippen LogP contribution in [0.3, 0.4) is 0 Å². The lowest BCUT2D eigenvalue weighted by Gasteiger charge is -2.38. The van der Waals surface area contributed by atoms with Crippen molar-refractivity contribution < 1.29 is 0 Å². The van der Waals surface area contributed by atoms with Crippen molar-refractivity contribution >= 4 is 0 Å². The monoisotopic (exact) mass is 252 g/mol. The number of hydrogen-bond acceptors (Lipinski definition) is 2. The maximum absolute atomic E-state index is 6.37. The van der Waals surface area contributed by atoms with Crippen LogP contribution in [-0.4, -0.2) is 30.1 Å². The van der Waals surface area contributed by atoms with Gasteiger partial charge in [0.05, 0.1) is 0 Å². The smallest absolute Gasteiger partial charge is 0.0119 e. The van der Waals surface area contributed by atoms with Crippen LogP contribution < -0.4 is 5.73 Å². The summed E-state index contributed by atoms with van der Waals surface area (Å²) in [7, 11) is 0. The Morgan fingerprint density at radius 2 is 2.00 bits per heavy atom. The van der Waals surface area contributed by atoms with Gasteiger partial charge in [-0.1, -0.05) is 27.2 Å². The molecule has 2 aliphatic rings. The van der Waals surface area contributed by atoms with Crippen LogP contribution in [0.25, 0.3) is 0 Å². The first-order chi connectivity index (χ1) is 8.61.